The van der Waals surface area contributed by atoms with Gasteiger partial charge in [0.2, 0.25) is 15.9 Å². The van der Waals surface area contributed by atoms with E-state index in [0.29, 0.717) is 22.0 Å². The van der Waals surface area contributed by atoms with E-state index in [1.54, 1.807) is 25.1 Å². The highest BCUT2D eigenvalue weighted by Crippen LogP contribution is 2.26. The van der Waals surface area contributed by atoms with Crippen molar-refractivity contribution in [3.63, 3.8) is 0 Å². The van der Waals surface area contributed by atoms with Crippen LogP contribution in [0.25, 0.3) is 0 Å². The zero-order valence-electron chi connectivity index (χ0n) is 13.7. The minimum absolute atomic E-state index is 0.325. The molecule has 1 N–H and O–H groups in total. The number of carbonyl (C=O) groups excluding carboxylic acids is 1. The average Bonchev–Trinajstić information content (AvgIpc) is 2.46. The maximum absolute atomic E-state index is 12.3. The fourth-order valence-electron chi connectivity index (χ4n) is 2.29. The lowest BCUT2D eigenvalue weighted by Gasteiger charge is -2.23. The monoisotopic (exact) mass is 366 g/mol. The summed E-state index contributed by atoms with van der Waals surface area (Å²) in [7, 11) is -3.64. The number of amides is 1. The molecule has 0 bridgehead atoms. The summed E-state index contributed by atoms with van der Waals surface area (Å²) in [6.07, 6.45) is 1.06. The zero-order chi connectivity index (χ0) is 17.9. The summed E-state index contributed by atoms with van der Waals surface area (Å²) in [5.74, 6) is -0.426. The minimum atomic E-state index is -3.64. The molecule has 2 aromatic rings. The van der Waals surface area contributed by atoms with E-state index in [9.17, 15) is 13.2 Å². The Hall–Kier alpha value is -2.05. The van der Waals surface area contributed by atoms with Crippen LogP contribution >= 0.6 is 11.6 Å². The largest absolute Gasteiger partial charge is 0.325 e. The summed E-state index contributed by atoms with van der Waals surface area (Å²) in [6.45, 7) is 3.35. The van der Waals surface area contributed by atoms with E-state index in [1.165, 1.54) is 6.07 Å². The number of benzene rings is 2. The highest BCUT2D eigenvalue weighted by molar-refractivity contribution is 7.92. The zero-order valence-corrected chi connectivity index (χ0v) is 15.3. The topological polar surface area (TPSA) is 66.5 Å². The molecule has 0 unspecified atom stereocenters. The van der Waals surface area contributed by atoms with E-state index in [4.69, 9.17) is 11.6 Å². The fourth-order valence-corrected chi connectivity index (χ4v) is 3.36. The van der Waals surface area contributed by atoms with Gasteiger partial charge in [0.25, 0.3) is 0 Å². The molecule has 0 heterocycles. The summed E-state index contributed by atoms with van der Waals surface area (Å²) in [5.41, 5.74) is 2.73. The van der Waals surface area contributed by atoms with Gasteiger partial charge in [-0.1, -0.05) is 29.8 Å². The van der Waals surface area contributed by atoms with Crippen LogP contribution in [-0.4, -0.2) is 27.1 Å². The van der Waals surface area contributed by atoms with Gasteiger partial charge >= 0.3 is 0 Å². The number of carbonyl (C=O) groups is 1. The third-order valence-corrected chi connectivity index (χ3v) is 4.79. The fraction of sp³-hybridized carbons (Fsp3) is 0.235. The van der Waals surface area contributed by atoms with Crippen molar-refractivity contribution >= 4 is 38.9 Å². The van der Waals surface area contributed by atoms with E-state index in [-0.39, 0.29) is 6.54 Å². The van der Waals surface area contributed by atoms with Gasteiger partial charge in [-0.05, 0) is 49.2 Å². The van der Waals surface area contributed by atoms with Gasteiger partial charge in [0.15, 0.2) is 0 Å². The first-order valence-electron chi connectivity index (χ1n) is 7.27. The van der Waals surface area contributed by atoms with Crippen molar-refractivity contribution in [1.82, 2.24) is 0 Å². The molecular weight excluding hydrogens is 348 g/mol. The predicted molar refractivity (Wildman–Crippen MR) is 98.2 cm³/mol. The van der Waals surface area contributed by atoms with Crippen LogP contribution in [0.4, 0.5) is 11.4 Å². The molecule has 5 nitrogen and oxygen atoms in total. The second-order valence-corrected chi connectivity index (χ2v) is 7.96. The Balaban J connectivity index is 2.27. The summed E-state index contributed by atoms with van der Waals surface area (Å²) >= 11 is 5.97. The van der Waals surface area contributed by atoms with Gasteiger partial charge in [0.05, 0.1) is 11.9 Å². The molecule has 0 atom stereocenters. The number of rotatable bonds is 5. The van der Waals surface area contributed by atoms with Gasteiger partial charge in [-0.15, -0.1) is 0 Å². The molecule has 2 aromatic carbocycles. The van der Waals surface area contributed by atoms with Crippen molar-refractivity contribution in [3.8, 4) is 0 Å². The number of aryl methyl sites for hydroxylation is 2. The summed E-state index contributed by atoms with van der Waals surface area (Å²) in [4.78, 5) is 12.3. The number of sulfonamides is 1. The predicted octanol–water partition coefficient (Wildman–Crippen LogP) is 3.36. The van der Waals surface area contributed by atoms with Gasteiger partial charge in [-0.3, -0.25) is 9.10 Å². The molecule has 0 radical (unpaired) electrons. The van der Waals surface area contributed by atoms with Crippen LogP contribution in [0.3, 0.4) is 0 Å². The molecule has 0 aliphatic heterocycles. The number of nitrogens with one attached hydrogen (secondary N) is 1. The van der Waals surface area contributed by atoms with Crippen molar-refractivity contribution in [1.29, 1.82) is 0 Å². The van der Waals surface area contributed by atoms with Crippen LogP contribution in [-0.2, 0) is 14.8 Å². The third-order valence-electron chi connectivity index (χ3n) is 3.43. The first kappa shape index (κ1) is 18.3. The van der Waals surface area contributed by atoms with Crippen LogP contribution in [0, 0.1) is 13.8 Å². The maximum Gasteiger partial charge on any atom is 0.245 e. The molecule has 0 aliphatic rings. The Morgan fingerprint density at radius 1 is 1.17 bits per heavy atom. The average molecular weight is 367 g/mol. The minimum Gasteiger partial charge on any atom is -0.325 e. The molecule has 2 rings (SSSR count). The van der Waals surface area contributed by atoms with Crippen molar-refractivity contribution in [3.05, 3.63) is 58.6 Å². The normalized spacial score (nSPS) is 11.2. The van der Waals surface area contributed by atoms with Crippen LogP contribution in [0.5, 0.6) is 0 Å². The van der Waals surface area contributed by atoms with Gasteiger partial charge in [0, 0.05) is 10.7 Å². The van der Waals surface area contributed by atoms with Crippen molar-refractivity contribution in [2.45, 2.75) is 13.8 Å². The quantitative estimate of drug-likeness (QED) is 0.882. The molecule has 0 saturated carbocycles. The molecular formula is C17H19ClN2O3S. The molecule has 0 spiro atoms. The second kappa shape index (κ2) is 7.23. The summed E-state index contributed by atoms with van der Waals surface area (Å²) < 4.78 is 25.3. The van der Waals surface area contributed by atoms with Crippen LogP contribution in [0.15, 0.2) is 42.5 Å². The van der Waals surface area contributed by atoms with Crippen LogP contribution < -0.4 is 9.62 Å². The Bertz CT molecular complexity index is 866. The van der Waals surface area contributed by atoms with Crippen molar-refractivity contribution in [2.75, 3.05) is 22.4 Å². The highest BCUT2D eigenvalue weighted by atomic mass is 35.5. The van der Waals surface area contributed by atoms with Crippen LogP contribution in [0.2, 0.25) is 5.02 Å². The SMILES string of the molecule is Cc1cccc(NC(=O)CN(c2cc(Cl)ccc2C)S(C)(=O)=O)c1. The Morgan fingerprint density at radius 2 is 1.88 bits per heavy atom. The molecule has 0 aliphatic carbocycles. The third kappa shape index (κ3) is 4.72. The molecule has 0 fully saturated rings. The number of halogens is 1. The molecule has 0 saturated heterocycles. The van der Waals surface area contributed by atoms with E-state index in [2.05, 4.69) is 5.32 Å². The molecule has 128 valence electrons. The number of hydrogen-bond donors (Lipinski definition) is 1. The molecule has 7 heteroatoms. The smallest absolute Gasteiger partial charge is 0.245 e. The Morgan fingerprint density at radius 3 is 2.50 bits per heavy atom. The van der Waals surface area contributed by atoms with E-state index < -0.39 is 15.9 Å². The molecule has 1 amide bonds. The summed E-state index contributed by atoms with van der Waals surface area (Å²) in [6, 6.07) is 12.2. The Kier molecular flexibility index (Phi) is 5.51. The van der Waals surface area contributed by atoms with Gasteiger partial charge in [-0.25, -0.2) is 8.42 Å². The Labute approximate surface area is 147 Å². The van der Waals surface area contributed by atoms with Gasteiger partial charge < -0.3 is 5.32 Å². The van der Waals surface area contributed by atoms with E-state index in [0.717, 1.165) is 16.1 Å². The van der Waals surface area contributed by atoms with Crippen molar-refractivity contribution < 1.29 is 13.2 Å². The first-order valence-corrected chi connectivity index (χ1v) is 9.50. The van der Waals surface area contributed by atoms with Gasteiger partial charge in [0.1, 0.15) is 6.54 Å². The number of nitrogens with zero attached hydrogens (tertiary/aromatic N) is 1. The van der Waals surface area contributed by atoms with E-state index >= 15 is 0 Å². The van der Waals surface area contributed by atoms with Crippen LogP contribution in [0.1, 0.15) is 11.1 Å². The molecule has 24 heavy (non-hydrogen) atoms. The lowest BCUT2D eigenvalue weighted by molar-refractivity contribution is -0.114. The number of anilines is 2. The second-order valence-electron chi connectivity index (χ2n) is 5.62. The highest BCUT2D eigenvalue weighted by Gasteiger charge is 2.22. The standard InChI is InChI=1S/C17H19ClN2O3S/c1-12-5-4-6-15(9-12)19-17(21)11-20(24(3,22)23)16-10-14(18)8-7-13(16)2/h4-10H,11H2,1-3H3,(H,19,21). The van der Waals surface area contributed by atoms with E-state index in [1.807, 2.05) is 25.1 Å². The number of hydrogen-bond acceptors (Lipinski definition) is 3. The maximum atomic E-state index is 12.3. The lowest BCUT2D eigenvalue weighted by Crippen LogP contribution is -2.37. The molecule has 0 aromatic heterocycles. The van der Waals surface area contributed by atoms with Crippen molar-refractivity contribution in [2.24, 2.45) is 0 Å². The summed E-state index contributed by atoms with van der Waals surface area (Å²) in [5, 5.41) is 3.12. The lowest BCUT2D eigenvalue weighted by atomic mass is 10.2. The first-order chi connectivity index (χ1) is 11.2. The van der Waals surface area contributed by atoms with Gasteiger partial charge in [-0.2, -0.15) is 0 Å².